The third kappa shape index (κ3) is 3.32. The van der Waals surface area contributed by atoms with Crippen molar-refractivity contribution >= 4 is 11.8 Å². The van der Waals surface area contributed by atoms with Crippen LogP contribution in [0.1, 0.15) is 37.6 Å². The molecule has 3 heterocycles. The molecule has 1 aromatic heterocycles. The normalized spacial score (nSPS) is 22.3. The minimum absolute atomic E-state index is 0.0225. The fourth-order valence-electron chi connectivity index (χ4n) is 4.47. The van der Waals surface area contributed by atoms with Crippen LogP contribution in [0.2, 0.25) is 0 Å². The fraction of sp³-hybridized carbons (Fsp3) is 0.500. The van der Waals surface area contributed by atoms with Gasteiger partial charge in [-0.1, -0.05) is 18.2 Å². The van der Waals surface area contributed by atoms with E-state index in [-0.39, 0.29) is 23.7 Å². The zero-order valence-electron chi connectivity index (χ0n) is 16.6. The lowest BCUT2D eigenvalue weighted by molar-refractivity contribution is -0.145. The topological polar surface area (TPSA) is 66.7 Å². The molecular weight excluding hydrogens is 354 g/mol. The summed E-state index contributed by atoms with van der Waals surface area (Å²) in [4.78, 5) is 34.1. The quantitative estimate of drug-likeness (QED) is 0.816. The lowest BCUT2D eigenvalue weighted by Gasteiger charge is -2.38. The summed E-state index contributed by atoms with van der Waals surface area (Å²) >= 11 is 0. The standard InChI is InChI=1S/C22H27N3O3/c1-3-24-12-7-10-22(21(24)27)11-13-25(15-22)19(26)14-18-16(2)28-20(23-18)17-8-5-4-6-9-17/h4-6,8-9H,3,7,10-15H2,1-2H3/t22-/m0/s1. The number of hydrogen-bond acceptors (Lipinski definition) is 4. The van der Waals surface area contributed by atoms with Crippen LogP contribution in [-0.2, 0) is 16.0 Å². The van der Waals surface area contributed by atoms with Crippen molar-refractivity contribution in [3.63, 3.8) is 0 Å². The molecule has 1 spiro atoms. The molecule has 6 heteroatoms. The number of aromatic nitrogens is 1. The van der Waals surface area contributed by atoms with Crippen LogP contribution in [0, 0.1) is 12.3 Å². The summed E-state index contributed by atoms with van der Waals surface area (Å²) < 4.78 is 5.78. The first-order valence-electron chi connectivity index (χ1n) is 10.1. The van der Waals surface area contributed by atoms with E-state index in [1.165, 1.54) is 0 Å². The van der Waals surface area contributed by atoms with Gasteiger partial charge in [-0.3, -0.25) is 9.59 Å². The Balaban J connectivity index is 1.45. The van der Waals surface area contributed by atoms with Crippen LogP contribution in [0.5, 0.6) is 0 Å². The third-order valence-electron chi connectivity index (χ3n) is 6.14. The molecular formula is C22H27N3O3. The molecule has 2 aliphatic heterocycles. The predicted octanol–water partition coefficient (Wildman–Crippen LogP) is 3.05. The summed E-state index contributed by atoms with van der Waals surface area (Å²) in [6.45, 7) is 6.62. The Hall–Kier alpha value is -2.63. The molecule has 28 heavy (non-hydrogen) atoms. The summed E-state index contributed by atoms with van der Waals surface area (Å²) in [7, 11) is 0. The lowest BCUT2D eigenvalue weighted by atomic mass is 9.78. The first kappa shape index (κ1) is 18.7. The maximum atomic E-state index is 12.9. The molecule has 2 fully saturated rings. The van der Waals surface area contributed by atoms with E-state index in [4.69, 9.17) is 4.42 Å². The van der Waals surface area contributed by atoms with E-state index in [1.54, 1.807) is 0 Å². The van der Waals surface area contributed by atoms with E-state index in [0.717, 1.165) is 37.9 Å². The van der Waals surface area contributed by atoms with E-state index in [0.29, 0.717) is 30.4 Å². The van der Waals surface area contributed by atoms with Gasteiger partial charge in [0.2, 0.25) is 17.7 Å². The zero-order valence-corrected chi connectivity index (χ0v) is 16.6. The molecule has 0 N–H and O–H groups in total. The summed E-state index contributed by atoms with van der Waals surface area (Å²) in [6, 6.07) is 9.69. The second-order valence-corrected chi connectivity index (χ2v) is 7.90. The SMILES string of the molecule is CCN1CCC[C@@]2(CCN(C(=O)Cc3nc(-c4ccccc4)oc3C)C2)C1=O. The Morgan fingerprint density at radius 2 is 2.00 bits per heavy atom. The molecule has 0 bridgehead atoms. The van der Waals surface area contributed by atoms with Gasteiger partial charge in [-0.05, 0) is 45.2 Å². The number of piperidine rings is 1. The zero-order chi connectivity index (χ0) is 19.7. The molecule has 2 amide bonds. The van der Waals surface area contributed by atoms with E-state index < -0.39 is 0 Å². The molecule has 0 aliphatic carbocycles. The molecule has 2 saturated heterocycles. The van der Waals surface area contributed by atoms with Gasteiger partial charge in [0, 0.05) is 31.7 Å². The largest absolute Gasteiger partial charge is 0.441 e. The van der Waals surface area contributed by atoms with Crippen LogP contribution >= 0.6 is 0 Å². The second kappa shape index (κ2) is 7.41. The number of carbonyl (C=O) groups excluding carboxylic acids is 2. The summed E-state index contributed by atoms with van der Waals surface area (Å²) in [5.74, 6) is 1.46. The predicted molar refractivity (Wildman–Crippen MR) is 105 cm³/mol. The highest BCUT2D eigenvalue weighted by molar-refractivity contribution is 5.86. The molecule has 0 unspecified atom stereocenters. The number of rotatable bonds is 4. The average Bonchev–Trinajstić information content (AvgIpc) is 3.30. The van der Waals surface area contributed by atoms with Gasteiger partial charge in [-0.2, -0.15) is 0 Å². The van der Waals surface area contributed by atoms with Crippen molar-refractivity contribution in [1.29, 1.82) is 0 Å². The minimum Gasteiger partial charge on any atom is -0.441 e. The van der Waals surface area contributed by atoms with Crippen LogP contribution < -0.4 is 0 Å². The third-order valence-corrected chi connectivity index (χ3v) is 6.14. The van der Waals surface area contributed by atoms with Crippen molar-refractivity contribution in [2.45, 2.75) is 39.5 Å². The maximum absolute atomic E-state index is 12.9. The van der Waals surface area contributed by atoms with E-state index >= 15 is 0 Å². The highest BCUT2D eigenvalue weighted by Gasteiger charge is 2.49. The fourth-order valence-corrected chi connectivity index (χ4v) is 4.47. The Labute approximate surface area is 165 Å². The van der Waals surface area contributed by atoms with Gasteiger partial charge in [-0.15, -0.1) is 0 Å². The summed E-state index contributed by atoms with van der Waals surface area (Å²) in [5, 5.41) is 0. The monoisotopic (exact) mass is 381 g/mol. The van der Waals surface area contributed by atoms with Gasteiger partial charge in [0.15, 0.2) is 0 Å². The maximum Gasteiger partial charge on any atom is 0.230 e. The van der Waals surface area contributed by atoms with Gasteiger partial charge >= 0.3 is 0 Å². The van der Waals surface area contributed by atoms with Gasteiger partial charge in [0.1, 0.15) is 5.76 Å². The van der Waals surface area contributed by atoms with Gasteiger partial charge in [0.25, 0.3) is 0 Å². The Bertz CT molecular complexity index is 876. The van der Waals surface area contributed by atoms with E-state index in [9.17, 15) is 9.59 Å². The van der Waals surface area contributed by atoms with Gasteiger partial charge in [-0.25, -0.2) is 4.98 Å². The molecule has 0 saturated carbocycles. The lowest BCUT2D eigenvalue weighted by Crippen LogP contribution is -2.50. The Kier molecular flexibility index (Phi) is 4.96. The number of hydrogen-bond donors (Lipinski definition) is 0. The number of aryl methyl sites for hydroxylation is 1. The van der Waals surface area contributed by atoms with Crippen molar-refractivity contribution in [2.75, 3.05) is 26.2 Å². The number of benzene rings is 1. The van der Waals surface area contributed by atoms with Crippen molar-refractivity contribution < 1.29 is 14.0 Å². The number of oxazole rings is 1. The number of amides is 2. The molecule has 1 aromatic carbocycles. The molecule has 148 valence electrons. The molecule has 0 radical (unpaired) electrons. The number of nitrogens with zero attached hydrogens (tertiary/aromatic N) is 3. The van der Waals surface area contributed by atoms with Crippen molar-refractivity contribution in [3.8, 4) is 11.5 Å². The van der Waals surface area contributed by atoms with Crippen LogP contribution in [0.25, 0.3) is 11.5 Å². The molecule has 4 rings (SSSR count). The number of carbonyl (C=O) groups is 2. The van der Waals surface area contributed by atoms with Gasteiger partial charge < -0.3 is 14.2 Å². The summed E-state index contributed by atoms with van der Waals surface area (Å²) in [6.07, 6.45) is 2.88. The molecule has 2 aliphatic rings. The van der Waals surface area contributed by atoms with E-state index in [2.05, 4.69) is 4.98 Å². The minimum atomic E-state index is -0.377. The van der Waals surface area contributed by atoms with Crippen molar-refractivity contribution in [3.05, 3.63) is 41.8 Å². The van der Waals surface area contributed by atoms with Crippen molar-refractivity contribution in [1.82, 2.24) is 14.8 Å². The van der Waals surface area contributed by atoms with Crippen LogP contribution in [0.3, 0.4) is 0 Å². The van der Waals surface area contributed by atoms with Crippen LogP contribution in [0.15, 0.2) is 34.7 Å². The van der Waals surface area contributed by atoms with Gasteiger partial charge in [0.05, 0.1) is 17.5 Å². The van der Waals surface area contributed by atoms with E-state index in [1.807, 2.05) is 54.0 Å². The van der Waals surface area contributed by atoms with Crippen LogP contribution in [-0.4, -0.2) is 52.8 Å². The first-order chi connectivity index (χ1) is 13.5. The molecule has 2 aromatic rings. The number of likely N-dealkylation sites (tertiary alicyclic amines) is 2. The Morgan fingerprint density at radius 1 is 1.21 bits per heavy atom. The average molecular weight is 381 g/mol. The Morgan fingerprint density at radius 3 is 2.75 bits per heavy atom. The smallest absolute Gasteiger partial charge is 0.230 e. The second-order valence-electron chi connectivity index (χ2n) is 7.90. The first-order valence-corrected chi connectivity index (χ1v) is 10.1. The molecule has 1 atom stereocenters. The summed E-state index contributed by atoms with van der Waals surface area (Å²) in [5.41, 5.74) is 1.20. The molecule has 6 nitrogen and oxygen atoms in total. The highest BCUT2D eigenvalue weighted by atomic mass is 16.4. The van der Waals surface area contributed by atoms with Crippen LogP contribution in [0.4, 0.5) is 0 Å². The van der Waals surface area contributed by atoms with Crippen molar-refractivity contribution in [2.24, 2.45) is 5.41 Å². The highest BCUT2D eigenvalue weighted by Crippen LogP contribution is 2.40.